The van der Waals surface area contributed by atoms with Crippen LogP contribution in [0.15, 0.2) is 46.4 Å². The molecular formula is C19H17F2N5O4S. The molecule has 1 atom stereocenters. The Labute approximate surface area is 176 Å². The molecular weight excluding hydrogens is 432 g/mol. The number of hydrogen-bond acceptors (Lipinski definition) is 8. The first kappa shape index (κ1) is 21.0. The minimum absolute atomic E-state index is 0.00869. The summed E-state index contributed by atoms with van der Waals surface area (Å²) in [6.07, 6.45) is 0.861. The number of nitrogens with two attached hydrogens (primary N) is 1. The van der Waals surface area contributed by atoms with E-state index in [0.29, 0.717) is 0 Å². The molecule has 1 aromatic carbocycles. The Bertz CT molecular complexity index is 1130. The maximum atomic E-state index is 15.0. The molecule has 0 unspecified atom stereocenters. The Kier molecular flexibility index (Phi) is 4.84. The predicted molar refractivity (Wildman–Crippen MR) is 108 cm³/mol. The second-order valence-electron chi connectivity index (χ2n) is 7.13. The first-order valence-corrected chi connectivity index (χ1v) is 10.7. The van der Waals surface area contributed by atoms with E-state index in [1.165, 1.54) is 36.5 Å². The standard InChI is InChI=1S/C19H17F2N5O4S/c20-19(21)10-30-17(23)26-18(19)5-6-31(28,29)15-4-2-12(7-13(15)18)25-16(27)14-3-1-11(8-22)9-24-14/h1-4,7,9,28-29H,5-6,10H2,(H2,23,26)(H,25,27)/t18-/m1/s1. The van der Waals surface area contributed by atoms with Crippen LogP contribution in [0.3, 0.4) is 0 Å². The molecule has 12 heteroatoms. The zero-order chi connectivity index (χ0) is 22.4. The van der Waals surface area contributed by atoms with Crippen molar-refractivity contribution in [1.82, 2.24) is 4.98 Å². The molecule has 0 aliphatic carbocycles. The van der Waals surface area contributed by atoms with E-state index in [1.54, 1.807) is 0 Å². The number of pyridine rings is 1. The second-order valence-corrected chi connectivity index (χ2v) is 9.31. The summed E-state index contributed by atoms with van der Waals surface area (Å²) in [5.41, 5.74) is 3.70. The SMILES string of the molecule is N#Cc1ccc(C(=O)Nc2ccc3c(c2)[C@@]2(CCS3(O)O)N=C(N)OCC2(F)F)nc1. The van der Waals surface area contributed by atoms with E-state index in [2.05, 4.69) is 15.3 Å². The molecule has 2 aromatic rings. The largest absolute Gasteiger partial charge is 0.459 e. The van der Waals surface area contributed by atoms with Gasteiger partial charge >= 0.3 is 5.92 Å². The number of amides is 1. The van der Waals surface area contributed by atoms with Gasteiger partial charge in [-0.2, -0.15) is 24.6 Å². The van der Waals surface area contributed by atoms with Crippen LogP contribution >= 0.6 is 10.6 Å². The van der Waals surface area contributed by atoms with E-state index in [4.69, 9.17) is 15.7 Å². The molecule has 5 N–H and O–H groups in total. The molecule has 1 aromatic heterocycles. The third-order valence-corrected chi connectivity index (χ3v) is 7.05. The maximum Gasteiger partial charge on any atom is 0.310 e. The Morgan fingerprint density at radius 3 is 2.77 bits per heavy atom. The summed E-state index contributed by atoms with van der Waals surface area (Å²) < 4.78 is 55.6. The number of hydrogen-bond donors (Lipinski definition) is 4. The average molecular weight is 449 g/mol. The van der Waals surface area contributed by atoms with Gasteiger partial charge in [0.1, 0.15) is 11.8 Å². The fraction of sp³-hybridized carbons (Fsp3) is 0.263. The van der Waals surface area contributed by atoms with Gasteiger partial charge in [0.2, 0.25) is 0 Å². The number of aliphatic imine (C=N–C) groups is 1. The summed E-state index contributed by atoms with van der Waals surface area (Å²) in [5.74, 6) is -4.42. The van der Waals surface area contributed by atoms with Gasteiger partial charge in [0.25, 0.3) is 11.9 Å². The second kappa shape index (κ2) is 7.16. The van der Waals surface area contributed by atoms with Crippen LogP contribution in [0.25, 0.3) is 0 Å². The number of ether oxygens (including phenoxy) is 1. The molecule has 4 rings (SSSR count). The lowest BCUT2D eigenvalue weighted by atomic mass is 9.80. The number of carbonyl (C=O) groups is 1. The highest BCUT2D eigenvalue weighted by Crippen LogP contribution is 2.62. The van der Waals surface area contributed by atoms with Crippen molar-refractivity contribution in [3.8, 4) is 6.07 Å². The number of alkyl halides is 2. The smallest absolute Gasteiger partial charge is 0.310 e. The maximum absolute atomic E-state index is 15.0. The van der Waals surface area contributed by atoms with E-state index >= 15 is 8.78 Å². The molecule has 0 bridgehead atoms. The lowest BCUT2D eigenvalue weighted by Gasteiger charge is -2.49. The summed E-state index contributed by atoms with van der Waals surface area (Å²) in [4.78, 5) is 20.2. The van der Waals surface area contributed by atoms with Crippen molar-refractivity contribution < 1.29 is 27.4 Å². The van der Waals surface area contributed by atoms with E-state index < -0.39 is 40.6 Å². The van der Waals surface area contributed by atoms with E-state index in [-0.39, 0.29) is 39.6 Å². The van der Waals surface area contributed by atoms with Gasteiger partial charge in [0.05, 0.1) is 10.5 Å². The Morgan fingerprint density at radius 1 is 1.32 bits per heavy atom. The van der Waals surface area contributed by atoms with E-state index in [0.717, 1.165) is 0 Å². The van der Waals surface area contributed by atoms with Crippen LogP contribution in [0.5, 0.6) is 0 Å². The third-order valence-electron chi connectivity index (χ3n) is 5.22. The van der Waals surface area contributed by atoms with Crippen molar-refractivity contribution in [1.29, 1.82) is 5.26 Å². The van der Waals surface area contributed by atoms with Crippen LogP contribution in [0.1, 0.15) is 28.0 Å². The molecule has 31 heavy (non-hydrogen) atoms. The van der Waals surface area contributed by atoms with Gasteiger partial charge in [0, 0.05) is 29.6 Å². The zero-order valence-electron chi connectivity index (χ0n) is 15.9. The number of fused-ring (bicyclic) bond motifs is 2. The first-order valence-electron chi connectivity index (χ1n) is 9.02. The minimum atomic E-state index is -3.47. The summed E-state index contributed by atoms with van der Waals surface area (Å²) in [7, 11) is -3.33. The number of anilines is 1. The molecule has 0 fully saturated rings. The van der Waals surface area contributed by atoms with Gasteiger partial charge in [-0.05, 0) is 30.3 Å². The van der Waals surface area contributed by atoms with Gasteiger partial charge < -0.3 is 15.8 Å². The third kappa shape index (κ3) is 3.46. The number of carbonyl (C=O) groups excluding carboxylic acids is 1. The highest BCUT2D eigenvalue weighted by Gasteiger charge is 2.61. The molecule has 2 aliphatic rings. The number of nitrogens with one attached hydrogen (secondary N) is 1. The normalized spacial score (nSPS) is 24.2. The molecule has 0 radical (unpaired) electrons. The highest BCUT2D eigenvalue weighted by atomic mass is 32.3. The van der Waals surface area contributed by atoms with Crippen molar-refractivity contribution in [3.05, 3.63) is 53.3 Å². The molecule has 0 saturated heterocycles. The summed E-state index contributed by atoms with van der Waals surface area (Å²) >= 11 is 0. The first-order chi connectivity index (χ1) is 14.6. The fourth-order valence-corrected chi connectivity index (χ4v) is 5.29. The zero-order valence-corrected chi connectivity index (χ0v) is 16.7. The van der Waals surface area contributed by atoms with E-state index in [9.17, 15) is 13.9 Å². The van der Waals surface area contributed by atoms with Crippen molar-refractivity contribution >= 4 is 28.2 Å². The molecule has 9 nitrogen and oxygen atoms in total. The number of halogens is 2. The molecule has 3 heterocycles. The van der Waals surface area contributed by atoms with Gasteiger partial charge in [-0.15, -0.1) is 0 Å². The Hall–Kier alpha value is -3.27. The number of nitrogens with zero attached hydrogens (tertiary/aromatic N) is 3. The van der Waals surface area contributed by atoms with Crippen LogP contribution in [0, 0.1) is 11.3 Å². The molecule has 0 saturated carbocycles. The van der Waals surface area contributed by atoms with Crippen molar-refractivity contribution in [2.45, 2.75) is 22.8 Å². The average Bonchev–Trinajstić information content (AvgIpc) is 2.74. The Morgan fingerprint density at radius 2 is 2.10 bits per heavy atom. The quantitative estimate of drug-likeness (QED) is 0.550. The Balaban J connectivity index is 1.76. The molecule has 2 aliphatic heterocycles. The van der Waals surface area contributed by atoms with Crippen LogP contribution in [-0.4, -0.2) is 44.3 Å². The van der Waals surface area contributed by atoms with Crippen molar-refractivity contribution in [2.24, 2.45) is 10.7 Å². The van der Waals surface area contributed by atoms with Crippen LogP contribution in [0.2, 0.25) is 0 Å². The lowest BCUT2D eigenvalue weighted by Crippen LogP contribution is -2.55. The van der Waals surface area contributed by atoms with Gasteiger partial charge in [-0.1, -0.05) is 0 Å². The fourth-order valence-electron chi connectivity index (χ4n) is 3.62. The number of benzene rings is 1. The molecule has 1 spiro atoms. The number of nitriles is 1. The predicted octanol–water partition coefficient (Wildman–Crippen LogP) is 2.89. The number of rotatable bonds is 2. The minimum Gasteiger partial charge on any atom is -0.459 e. The van der Waals surface area contributed by atoms with Gasteiger partial charge in [0.15, 0.2) is 12.1 Å². The number of aromatic nitrogens is 1. The molecule has 1 amide bonds. The number of amidine groups is 1. The van der Waals surface area contributed by atoms with Crippen LogP contribution in [-0.2, 0) is 10.3 Å². The van der Waals surface area contributed by atoms with Crippen LogP contribution in [0.4, 0.5) is 14.5 Å². The lowest BCUT2D eigenvalue weighted by molar-refractivity contribution is -0.125. The summed E-state index contributed by atoms with van der Waals surface area (Å²) in [5, 5.41) is 11.4. The summed E-state index contributed by atoms with van der Waals surface area (Å²) in [6, 6.07) is 8.12. The van der Waals surface area contributed by atoms with E-state index in [1.807, 2.05) is 6.07 Å². The van der Waals surface area contributed by atoms with Crippen molar-refractivity contribution in [2.75, 3.05) is 17.7 Å². The monoisotopic (exact) mass is 449 g/mol. The van der Waals surface area contributed by atoms with Gasteiger partial charge in [-0.25, -0.2) is 9.98 Å². The topological polar surface area (TPSA) is 154 Å². The summed E-state index contributed by atoms with van der Waals surface area (Å²) in [6.45, 7) is -1.01. The molecule has 162 valence electrons. The highest BCUT2D eigenvalue weighted by molar-refractivity contribution is 8.24. The van der Waals surface area contributed by atoms with Crippen molar-refractivity contribution in [3.63, 3.8) is 0 Å². The van der Waals surface area contributed by atoms with Gasteiger partial charge in [-0.3, -0.25) is 13.9 Å². The van der Waals surface area contributed by atoms with Crippen LogP contribution < -0.4 is 11.1 Å².